The minimum atomic E-state index is 0.575. The van der Waals surface area contributed by atoms with Crippen molar-refractivity contribution in [1.82, 2.24) is 9.97 Å². The van der Waals surface area contributed by atoms with Crippen LogP contribution in [-0.2, 0) is 6.42 Å². The van der Waals surface area contributed by atoms with E-state index in [1.54, 1.807) is 0 Å². The van der Waals surface area contributed by atoms with Crippen molar-refractivity contribution in [2.75, 3.05) is 17.7 Å². The maximum Gasteiger partial charge on any atom is 0.134 e. The Kier molecular flexibility index (Phi) is 5.00. The van der Waals surface area contributed by atoms with E-state index >= 15 is 0 Å². The molecule has 4 heteroatoms. The number of nitrogens with zero attached hydrogens (tertiary/aromatic N) is 2. The molecule has 1 heterocycles. The third-order valence-electron chi connectivity index (χ3n) is 3.94. The van der Waals surface area contributed by atoms with Gasteiger partial charge in [-0.25, -0.2) is 9.97 Å². The van der Waals surface area contributed by atoms with Gasteiger partial charge in [0.05, 0.1) is 0 Å². The monoisotopic (exact) mass is 262 g/mol. The van der Waals surface area contributed by atoms with Crippen LogP contribution in [0, 0.1) is 6.92 Å². The lowest BCUT2D eigenvalue weighted by Crippen LogP contribution is -2.21. The summed E-state index contributed by atoms with van der Waals surface area (Å²) in [4.78, 5) is 9.18. The molecule has 4 nitrogen and oxygen atoms in total. The highest BCUT2D eigenvalue weighted by Crippen LogP contribution is 2.24. The summed E-state index contributed by atoms with van der Waals surface area (Å²) in [7, 11) is 1.92. The molecule has 0 amide bonds. The number of aryl methyl sites for hydroxylation is 1. The quantitative estimate of drug-likeness (QED) is 0.815. The van der Waals surface area contributed by atoms with Gasteiger partial charge < -0.3 is 10.6 Å². The SMILES string of the molecule is CCc1nc(NC)c(C)c(NC2CCCCCC2)n1. The minimum Gasteiger partial charge on any atom is -0.373 e. The molecule has 1 fully saturated rings. The average Bonchev–Trinajstić information content (AvgIpc) is 2.69. The van der Waals surface area contributed by atoms with Crippen molar-refractivity contribution < 1.29 is 0 Å². The fourth-order valence-corrected chi connectivity index (χ4v) is 2.72. The first-order chi connectivity index (χ1) is 9.24. The van der Waals surface area contributed by atoms with Gasteiger partial charge in [-0.2, -0.15) is 0 Å². The zero-order valence-corrected chi connectivity index (χ0v) is 12.4. The zero-order valence-electron chi connectivity index (χ0n) is 12.4. The highest BCUT2D eigenvalue weighted by Gasteiger charge is 2.15. The largest absolute Gasteiger partial charge is 0.373 e. The third-order valence-corrected chi connectivity index (χ3v) is 3.94. The van der Waals surface area contributed by atoms with Crippen molar-refractivity contribution >= 4 is 11.6 Å². The van der Waals surface area contributed by atoms with Crippen LogP contribution in [0.1, 0.15) is 56.8 Å². The third kappa shape index (κ3) is 3.58. The summed E-state index contributed by atoms with van der Waals surface area (Å²) in [6.45, 7) is 4.18. The molecule has 0 aromatic carbocycles. The molecule has 0 aliphatic heterocycles. The van der Waals surface area contributed by atoms with E-state index in [9.17, 15) is 0 Å². The molecule has 0 saturated heterocycles. The second-order valence-electron chi connectivity index (χ2n) is 5.40. The van der Waals surface area contributed by atoms with Crippen LogP contribution in [-0.4, -0.2) is 23.1 Å². The molecule has 1 aliphatic carbocycles. The van der Waals surface area contributed by atoms with E-state index in [1.807, 2.05) is 7.05 Å². The van der Waals surface area contributed by atoms with E-state index in [-0.39, 0.29) is 0 Å². The molecule has 0 unspecified atom stereocenters. The van der Waals surface area contributed by atoms with Gasteiger partial charge in [0.1, 0.15) is 17.5 Å². The van der Waals surface area contributed by atoms with Crippen LogP contribution in [0.4, 0.5) is 11.6 Å². The Bertz CT molecular complexity index is 409. The highest BCUT2D eigenvalue weighted by atomic mass is 15.1. The minimum absolute atomic E-state index is 0.575. The Morgan fingerprint density at radius 1 is 1.05 bits per heavy atom. The van der Waals surface area contributed by atoms with Crippen molar-refractivity contribution in [1.29, 1.82) is 0 Å². The van der Waals surface area contributed by atoms with Gasteiger partial charge in [0.15, 0.2) is 0 Å². The molecule has 0 spiro atoms. The van der Waals surface area contributed by atoms with Crippen molar-refractivity contribution in [3.8, 4) is 0 Å². The molecular formula is C15H26N4. The van der Waals surface area contributed by atoms with Gasteiger partial charge in [0.25, 0.3) is 0 Å². The lowest BCUT2D eigenvalue weighted by molar-refractivity contribution is 0.616. The molecule has 1 saturated carbocycles. The molecule has 1 aromatic heterocycles. The van der Waals surface area contributed by atoms with E-state index < -0.39 is 0 Å². The van der Waals surface area contributed by atoms with E-state index in [0.717, 1.165) is 29.4 Å². The molecule has 0 radical (unpaired) electrons. The lowest BCUT2D eigenvalue weighted by Gasteiger charge is -2.20. The van der Waals surface area contributed by atoms with Gasteiger partial charge in [-0.05, 0) is 19.8 Å². The van der Waals surface area contributed by atoms with Gasteiger partial charge in [0, 0.05) is 25.1 Å². The smallest absolute Gasteiger partial charge is 0.134 e. The van der Waals surface area contributed by atoms with Crippen LogP contribution in [0.2, 0.25) is 0 Å². The number of hydrogen-bond donors (Lipinski definition) is 2. The van der Waals surface area contributed by atoms with E-state index in [4.69, 9.17) is 0 Å². The van der Waals surface area contributed by atoms with Gasteiger partial charge in [-0.3, -0.25) is 0 Å². The summed E-state index contributed by atoms with van der Waals surface area (Å²) in [5, 5.41) is 6.82. The van der Waals surface area contributed by atoms with Crippen LogP contribution < -0.4 is 10.6 Å². The fourth-order valence-electron chi connectivity index (χ4n) is 2.72. The maximum absolute atomic E-state index is 4.66. The Morgan fingerprint density at radius 3 is 2.26 bits per heavy atom. The summed E-state index contributed by atoms with van der Waals surface area (Å²) in [6.07, 6.45) is 8.82. The van der Waals surface area contributed by atoms with Crippen molar-refractivity contribution in [3.63, 3.8) is 0 Å². The van der Waals surface area contributed by atoms with Gasteiger partial charge in [0.2, 0.25) is 0 Å². The lowest BCUT2D eigenvalue weighted by atomic mass is 10.1. The molecule has 0 bridgehead atoms. The zero-order chi connectivity index (χ0) is 13.7. The Hall–Kier alpha value is -1.32. The average molecular weight is 262 g/mol. The Balaban J connectivity index is 2.17. The molecule has 106 valence electrons. The van der Waals surface area contributed by atoms with Crippen molar-refractivity contribution in [2.24, 2.45) is 0 Å². The number of anilines is 2. The van der Waals surface area contributed by atoms with Crippen LogP contribution >= 0.6 is 0 Å². The molecule has 19 heavy (non-hydrogen) atoms. The number of nitrogens with one attached hydrogen (secondary N) is 2. The maximum atomic E-state index is 4.66. The van der Waals surface area contributed by atoms with Gasteiger partial charge in [-0.1, -0.05) is 32.6 Å². The Morgan fingerprint density at radius 2 is 1.68 bits per heavy atom. The molecule has 1 aliphatic rings. The molecular weight excluding hydrogens is 236 g/mol. The second kappa shape index (κ2) is 6.73. The van der Waals surface area contributed by atoms with E-state index in [2.05, 4.69) is 34.4 Å². The topological polar surface area (TPSA) is 49.8 Å². The molecule has 2 N–H and O–H groups in total. The van der Waals surface area contributed by atoms with E-state index in [1.165, 1.54) is 38.5 Å². The number of hydrogen-bond acceptors (Lipinski definition) is 4. The first-order valence-corrected chi connectivity index (χ1v) is 7.56. The number of aromatic nitrogens is 2. The second-order valence-corrected chi connectivity index (χ2v) is 5.40. The molecule has 0 atom stereocenters. The summed E-state index contributed by atoms with van der Waals surface area (Å²) in [5.74, 6) is 2.87. The van der Waals surface area contributed by atoms with Crippen molar-refractivity contribution in [2.45, 2.75) is 64.8 Å². The predicted molar refractivity (Wildman–Crippen MR) is 80.8 cm³/mol. The normalized spacial score (nSPS) is 17.0. The summed E-state index contributed by atoms with van der Waals surface area (Å²) in [6, 6.07) is 0.575. The van der Waals surface area contributed by atoms with Crippen LogP contribution in [0.5, 0.6) is 0 Å². The Labute approximate surface area is 116 Å². The highest BCUT2D eigenvalue weighted by molar-refractivity contribution is 5.57. The summed E-state index contributed by atoms with van der Waals surface area (Å²) in [5.41, 5.74) is 1.13. The molecule has 2 rings (SSSR count). The standard InChI is InChI=1S/C15H26N4/c1-4-13-18-14(16-3)11(2)15(19-13)17-12-9-7-5-6-8-10-12/h12H,4-10H2,1-3H3,(H2,16,17,18,19). The number of rotatable bonds is 4. The molecule has 1 aromatic rings. The van der Waals surface area contributed by atoms with Crippen LogP contribution in [0.15, 0.2) is 0 Å². The van der Waals surface area contributed by atoms with Crippen LogP contribution in [0.25, 0.3) is 0 Å². The summed E-state index contributed by atoms with van der Waals surface area (Å²) < 4.78 is 0. The first kappa shape index (κ1) is 14.1. The fraction of sp³-hybridized carbons (Fsp3) is 0.733. The van der Waals surface area contributed by atoms with Gasteiger partial charge >= 0.3 is 0 Å². The van der Waals surface area contributed by atoms with Crippen LogP contribution in [0.3, 0.4) is 0 Å². The summed E-state index contributed by atoms with van der Waals surface area (Å²) >= 11 is 0. The van der Waals surface area contributed by atoms with E-state index in [0.29, 0.717) is 6.04 Å². The first-order valence-electron chi connectivity index (χ1n) is 7.56. The van der Waals surface area contributed by atoms with Crippen molar-refractivity contribution in [3.05, 3.63) is 11.4 Å². The predicted octanol–water partition coefficient (Wildman–Crippen LogP) is 3.52. The van der Waals surface area contributed by atoms with Gasteiger partial charge in [-0.15, -0.1) is 0 Å².